The summed E-state index contributed by atoms with van der Waals surface area (Å²) in [4.78, 5) is 45.0. The molecule has 0 aromatic carbocycles. The van der Waals surface area contributed by atoms with Crippen molar-refractivity contribution in [2.75, 3.05) is 6.61 Å². The Kier molecular flexibility index (Phi) is 6.41. The average molecular weight is 421 g/mol. The Morgan fingerprint density at radius 1 is 1.31 bits per heavy atom. The van der Waals surface area contributed by atoms with E-state index in [9.17, 15) is 14.4 Å². The number of carbonyl (C=O) groups excluding carboxylic acids is 2. The van der Waals surface area contributed by atoms with Gasteiger partial charge in [0.15, 0.2) is 0 Å². The fourth-order valence-corrected chi connectivity index (χ4v) is 5.32. The average Bonchev–Trinajstić information content (AvgIpc) is 3.02. The van der Waals surface area contributed by atoms with E-state index in [-0.39, 0.29) is 17.6 Å². The summed E-state index contributed by atoms with van der Waals surface area (Å²) < 4.78 is 12.1. The summed E-state index contributed by atoms with van der Waals surface area (Å²) in [6, 6.07) is -0.748. The van der Waals surface area contributed by atoms with Crippen molar-refractivity contribution in [1.29, 1.82) is 0 Å². The molecule has 0 saturated heterocycles. The number of rotatable bonds is 6. The summed E-state index contributed by atoms with van der Waals surface area (Å²) in [6.07, 6.45) is 2.47. The lowest BCUT2D eigenvalue weighted by atomic mass is 9.86. The first-order chi connectivity index (χ1) is 13.8. The lowest BCUT2D eigenvalue weighted by molar-refractivity contribution is -0.151. The molecule has 1 aliphatic carbocycles. The first-order valence-corrected chi connectivity index (χ1v) is 11.0. The second-order valence-electron chi connectivity index (χ2n) is 7.56. The van der Waals surface area contributed by atoms with Crippen LogP contribution in [0.4, 0.5) is 0 Å². The van der Waals surface area contributed by atoms with Crippen LogP contribution >= 0.6 is 11.3 Å². The lowest BCUT2D eigenvalue weighted by Crippen LogP contribution is -2.34. The summed E-state index contributed by atoms with van der Waals surface area (Å²) in [7, 11) is 0. The number of hydrogen-bond acceptors (Lipinski definition) is 7. The molecular weight excluding hydrogens is 392 g/mol. The maximum absolute atomic E-state index is 13.6. The molecule has 2 atom stereocenters. The van der Waals surface area contributed by atoms with Crippen LogP contribution in [0.5, 0.6) is 0 Å². The Morgan fingerprint density at radius 3 is 2.66 bits per heavy atom. The molecule has 2 aromatic rings. The monoisotopic (exact) mass is 420 g/mol. The van der Waals surface area contributed by atoms with Gasteiger partial charge in [-0.2, -0.15) is 0 Å². The minimum absolute atomic E-state index is 0.272. The Hall–Kier alpha value is -2.22. The number of nitrogens with zero attached hydrogens (tertiary/aromatic N) is 2. The molecule has 0 fully saturated rings. The predicted octanol–water partition coefficient (Wildman–Crippen LogP) is 3.65. The molecule has 0 aliphatic heterocycles. The van der Waals surface area contributed by atoms with Gasteiger partial charge in [-0.15, -0.1) is 11.3 Å². The molecule has 158 valence electrons. The third kappa shape index (κ3) is 3.95. The van der Waals surface area contributed by atoms with Gasteiger partial charge in [0.1, 0.15) is 16.7 Å². The number of ether oxygens (including phenoxy) is 2. The first kappa shape index (κ1) is 21.5. The van der Waals surface area contributed by atoms with Crippen LogP contribution < -0.4 is 5.56 Å². The van der Waals surface area contributed by atoms with E-state index in [2.05, 4.69) is 4.98 Å². The fourth-order valence-electron chi connectivity index (χ4n) is 4.01. The Balaban J connectivity index is 2.20. The van der Waals surface area contributed by atoms with Crippen LogP contribution in [0.2, 0.25) is 0 Å². The van der Waals surface area contributed by atoms with Crippen LogP contribution in [0.1, 0.15) is 75.2 Å². The zero-order valence-electron chi connectivity index (χ0n) is 17.6. The second kappa shape index (κ2) is 8.65. The van der Waals surface area contributed by atoms with Gasteiger partial charge in [0.2, 0.25) is 0 Å². The summed E-state index contributed by atoms with van der Waals surface area (Å²) in [5.41, 5.74) is 0.460. The smallest absolute Gasteiger partial charge is 0.329 e. The fraction of sp³-hybridized carbons (Fsp3) is 0.619. The van der Waals surface area contributed by atoms with E-state index in [1.807, 2.05) is 6.92 Å². The van der Waals surface area contributed by atoms with Gasteiger partial charge in [-0.05, 0) is 58.9 Å². The molecule has 0 spiro atoms. The molecule has 8 heteroatoms. The standard InChI is InChI=1S/C21H28N2O5S/c1-6-14(21(26)28-11(3)4)23-12(5)22-18-17(19(23)24)16-13(20(25)27-7-2)9-8-10-15(16)29-18/h11,13-14H,6-10H2,1-5H3. The number of fused-ring (bicyclic) bond motifs is 3. The zero-order valence-corrected chi connectivity index (χ0v) is 18.4. The van der Waals surface area contributed by atoms with E-state index >= 15 is 0 Å². The van der Waals surface area contributed by atoms with Crippen molar-refractivity contribution in [2.24, 2.45) is 0 Å². The minimum atomic E-state index is -0.748. The van der Waals surface area contributed by atoms with Crippen LogP contribution in [-0.4, -0.2) is 34.2 Å². The van der Waals surface area contributed by atoms with Crippen molar-refractivity contribution < 1.29 is 19.1 Å². The Morgan fingerprint density at radius 2 is 2.03 bits per heavy atom. The predicted molar refractivity (Wildman–Crippen MR) is 111 cm³/mol. The highest BCUT2D eigenvalue weighted by Crippen LogP contribution is 2.41. The van der Waals surface area contributed by atoms with Gasteiger partial charge in [0, 0.05) is 4.88 Å². The highest BCUT2D eigenvalue weighted by Gasteiger charge is 2.34. The van der Waals surface area contributed by atoms with E-state index < -0.39 is 17.9 Å². The van der Waals surface area contributed by atoms with E-state index in [1.165, 1.54) is 15.9 Å². The van der Waals surface area contributed by atoms with E-state index in [1.54, 1.807) is 27.7 Å². The molecule has 2 unspecified atom stereocenters. The first-order valence-electron chi connectivity index (χ1n) is 10.2. The maximum Gasteiger partial charge on any atom is 0.329 e. The summed E-state index contributed by atoms with van der Waals surface area (Å²) in [5, 5.41) is 0.448. The van der Waals surface area contributed by atoms with Crippen molar-refractivity contribution >= 4 is 33.5 Å². The number of aryl methyl sites for hydroxylation is 2. The lowest BCUT2D eigenvalue weighted by Gasteiger charge is -2.22. The SMILES string of the molecule is CCOC(=O)C1CCCc2sc3nc(C)n(C(CC)C(=O)OC(C)C)c(=O)c3c21. The van der Waals surface area contributed by atoms with Crippen LogP contribution in [0.15, 0.2) is 4.79 Å². The molecular formula is C21H28N2O5S. The van der Waals surface area contributed by atoms with Crippen molar-refractivity contribution in [3.8, 4) is 0 Å². The van der Waals surface area contributed by atoms with E-state index in [0.717, 1.165) is 23.3 Å². The molecule has 29 heavy (non-hydrogen) atoms. The molecule has 0 bridgehead atoms. The largest absolute Gasteiger partial charge is 0.466 e. The third-order valence-corrected chi connectivity index (χ3v) is 6.35. The highest BCUT2D eigenvalue weighted by molar-refractivity contribution is 7.18. The van der Waals surface area contributed by atoms with Crippen molar-refractivity contribution in [1.82, 2.24) is 9.55 Å². The van der Waals surface area contributed by atoms with Gasteiger partial charge >= 0.3 is 11.9 Å². The highest BCUT2D eigenvalue weighted by atomic mass is 32.1. The van der Waals surface area contributed by atoms with Crippen molar-refractivity contribution in [3.05, 3.63) is 26.6 Å². The van der Waals surface area contributed by atoms with Crippen LogP contribution in [0.3, 0.4) is 0 Å². The molecule has 0 N–H and O–H groups in total. The van der Waals surface area contributed by atoms with Gasteiger partial charge in [-0.1, -0.05) is 6.92 Å². The molecule has 1 aliphatic rings. The summed E-state index contributed by atoms with van der Waals surface area (Å²) in [6.45, 7) is 9.20. The molecule has 2 aromatic heterocycles. The topological polar surface area (TPSA) is 87.5 Å². The molecule has 2 heterocycles. The normalized spacial score (nSPS) is 17.2. The van der Waals surface area contributed by atoms with Gasteiger partial charge in [0.05, 0.1) is 24.0 Å². The van der Waals surface area contributed by atoms with Gasteiger partial charge < -0.3 is 9.47 Å². The van der Waals surface area contributed by atoms with Crippen LogP contribution in [0.25, 0.3) is 10.2 Å². The van der Waals surface area contributed by atoms with E-state index in [4.69, 9.17) is 9.47 Å². The number of hydrogen-bond donors (Lipinski definition) is 0. The molecule has 0 saturated carbocycles. The zero-order chi connectivity index (χ0) is 21.3. The van der Waals surface area contributed by atoms with Crippen molar-refractivity contribution in [3.63, 3.8) is 0 Å². The summed E-state index contributed by atoms with van der Waals surface area (Å²) >= 11 is 1.47. The van der Waals surface area contributed by atoms with Crippen LogP contribution in [0, 0.1) is 6.92 Å². The number of aromatic nitrogens is 2. The quantitative estimate of drug-likeness (QED) is 0.663. The second-order valence-corrected chi connectivity index (χ2v) is 8.64. The molecule has 7 nitrogen and oxygen atoms in total. The Labute approximate surface area is 174 Å². The summed E-state index contributed by atoms with van der Waals surface area (Å²) in [5.74, 6) is -0.729. The van der Waals surface area contributed by atoms with Gasteiger partial charge in [-0.25, -0.2) is 9.78 Å². The number of esters is 2. The van der Waals surface area contributed by atoms with Gasteiger partial charge in [-0.3, -0.25) is 14.2 Å². The third-order valence-electron chi connectivity index (χ3n) is 5.19. The number of thiophene rings is 1. The van der Waals surface area contributed by atoms with Crippen LogP contribution in [-0.2, 0) is 25.5 Å². The molecule has 3 rings (SSSR count). The maximum atomic E-state index is 13.6. The van der Waals surface area contributed by atoms with Crippen molar-refractivity contribution in [2.45, 2.75) is 78.4 Å². The minimum Gasteiger partial charge on any atom is -0.466 e. The molecule has 0 radical (unpaired) electrons. The van der Waals surface area contributed by atoms with E-state index in [0.29, 0.717) is 35.5 Å². The van der Waals surface area contributed by atoms with Gasteiger partial charge in [0.25, 0.3) is 5.56 Å². The number of carbonyl (C=O) groups is 2. The molecule has 0 amide bonds. The Bertz CT molecular complexity index is 991.